The molecule has 0 atom stereocenters. The predicted octanol–water partition coefficient (Wildman–Crippen LogP) is 0.695. The molecule has 0 saturated heterocycles. The van der Waals surface area contributed by atoms with Crippen molar-refractivity contribution in [3.63, 3.8) is 0 Å². The number of carbonyl (C=O) groups is 2. The van der Waals surface area contributed by atoms with E-state index in [9.17, 15) is 9.59 Å². The highest BCUT2D eigenvalue weighted by Gasteiger charge is 2.35. The summed E-state index contributed by atoms with van der Waals surface area (Å²) in [6.07, 6.45) is 2.76. The van der Waals surface area contributed by atoms with Crippen molar-refractivity contribution in [2.75, 3.05) is 20.3 Å². The molecule has 0 fully saturated rings. The molecular formula is C12H16N2O5. The van der Waals surface area contributed by atoms with Crippen LogP contribution < -0.4 is 4.74 Å². The van der Waals surface area contributed by atoms with Crippen LogP contribution in [0.3, 0.4) is 0 Å². The van der Waals surface area contributed by atoms with Gasteiger partial charge in [0, 0.05) is 12.4 Å². The molecule has 0 aliphatic carbocycles. The van der Waals surface area contributed by atoms with Crippen LogP contribution in [0.4, 0.5) is 0 Å². The van der Waals surface area contributed by atoms with Crippen molar-refractivity contribution in [3.05, 3.63) is 18.1 Å². The molecule has 0 bridgehead atoms. The topological polar surface area (TPSA) is 87.6 Å². The third-order valence-corrected chi connectivity index (χ3v) is 2.20. The quantitative estimate of drug-likeness (QED) is 0.554. The van der Waals surface area contributed by atoms with Crippen molar-refractivity contribution in [1.82, 2.24) is 9.97 Å². The lowest BCUT2D eigenvalue weighted by atomic mass is 10.1. The summed E-state index contributed by atoms with van der Waals surface area (Å²) >= 11 is 0. The SMILES string of the molecule is CCOC(=O)C(C(=O)OCC)c1nccnc1OC. The number of ether oxygens (including phenoxy) is 3. The lowest BCUT2D eigenvalue weighted by molar-refractivity contribution is -0.157. The van der Waals surface area contributed by atoms with Gasteiger partial charge in [0.2, 0.25) is 11.8 Å². The fourth-order valence-corrected chi connectivity index (χ4v) is 1.46. The van der Waals surface area contributed by atoms with E-state index in [1.54, 1.807) is 13.8 Å². The molecule has 7 heteroatoms. The summed E-state index contributed by atoms with van der Waals surface area (Å²) in [7, 11) is 1.38. The van der Waals surface area contributed by atoms with Gasteiger partial charge in [0.1, 0.15) is 5.69 Å². The van der Waals surface area contributed by atoms with Crippen LogP contribution in [0.25, 0.3) is 0 Å². The van der Waals surface area contributed by atoms with E-state index in [0.717, 1.165) is 0 Å². The third kappa shape index (κ3) is 3.64. The monoisotopic (exact) mass is 268 g/mol. The molecule has 0 radical (unpaired) electrons. The number of carbonyl (C=O) groups excluding carboxylic acids is 2. The van der Waals surface area contributed by atoms with E-state index >= 15 is 0 Å². The Morgan fingerprint density at radius 3 is 2.11 bits per heavy atom. The fraction of sp³-hybridized carbons (Fsp3) is 0.500. The molecule has 1 aromatic rings. The molecule has 1 heterocycles. The maximum Gasteiger partial charge on any atom is 0.326 e. The Morgan fingerprint density at radius 1 is 1.11 bits per heavy atom. The van der Waals surface area contributed by atoms with Gasteiger partial charge in [0.05, 0.1) is 20.3 Å². The number of methoxy groups -OCH3 is 1. The van der Waals surface area contributed by atoms with E-state index in [4.69, 9.17) is 14.2 Å². The van der Waals surface area contributed by atoms with Crippen molar-refractivity contribution in [1.29, 1.82) is 0 Å². The summed E-state index contributed by atoms with van der Waals surface area (Å²) in [5.41, 5.74) is 0.0851. The maximum atomic E-state index is 11.9. The normalized spacial score (nSPS) is 10.1. The molecule has 1 aromatic heterocycles. The second-order valence-corrected chi connectivity index (χ2v) is 3.39. The Hall–Kier alpha value is -2.18. The highest BCUT2D eigenvalue weighted by molar-refractivity contribution is 6.00. The van der Waals surface area contributed by atoms with Gasteiger partial charge < -0.3 is 14.2 Å². The summed E-state index contributed by atoms with van der Waals surface area (Å²) in [4.78, 5) is 31.6. The Bertz CT molecular complexity index is 432. The maximum absolute atomic E-state index is 11.9. The number of nitrogens with zero attached hydrogens (tertiary/aromatic N) is 2. The summed E-state index contributed by atoms with van der Waals surface area (Å²) in [6.45, 7) is 3.59. The number of hydrogen-bond donors (Lipinski definition) is 0. The summed E-state index contributed by atoms with van der Waals surface area (Å²) < 4.78 is 14.7. The molecule has 0 amide bonds. The highest BCUT2D eigenvalue weighted by Crippen LogP contribution is 2.24. The van der Waals surface area contributed by atoms with Gasteiger partial charge in [0.25, 0.3) is 0 Å². The van der Waals surface area contributed by atoms with Gasteiger partial charge in [-0.1, -0.05) is 0 Å². The van der Waals surface area contributed by atoms with E-state index < -0.39 is 17.9 Å². The second-order valence-electron chi connectivity index (χ2n) is 3.39. The fourth-order valence-electron chi connectivity index (χ4n) is 1.46. The van der Waals surface area contributed by atoms with Gasteiger partial charge in [-0.15, -0.1) is 0 Å². The van der Waals surface area contributed by atoms with Crippen LogP contribution in [0.2, 0.25) is 0 Å². The number of esters is 2. The molecule has 0 aliphatic heterocycles. The minimum absolute atomic E-state index is 0.0851. The standard InChI is InChI=1S/C12H16N2O5/c1-4-18-11(15)8(12(16)19-5-2)9-10(17-3)14-7-6-13-9/h6-8H,4-5H2,1-3H3. The van der Waals surface area contributed by atoms with Crippen molar-refractivity contribution >= 4 is 11.9 Å². The molecule has 19 heavy (non-hydrogen) atoms. The van der Waals surface area contributed by atoms with Crippen LogP contribution >= 0.6 is 0 Å². The first kappa shape index (κ1) is 14.9. The number of hydrogen-bond acceptors (Lipinski definition) is 7. The Balaban J connectivity index is 3.14. The lowest BCUT2D eigenvalue weighted by Gasteiger charge is -2.15. The summed E-state index contributed by atoms with van der Waals surface area (Å²) in [5.74, 6) is -2.67. The average Bonchev–Trinajstić information content (AvgIpc) is 2.40. The lowest BCUT2D eigenvalue weighted by Crippen LogP contribution is -2.27. The van der Waals surface area contributed by atoms with E-state index in [0.29, 0.717) is 0 Å². The molecule has 0 saturated carbocycles. The van der Waals surface area contributed by atoms with Gasteiger partial charge in [0.15, 0.2) is 0 Å². The molecule has 0 unspecified atom stereocenters. The Morgan fingerprint density at radius 2 is 1.63 bits per heavy atom. The van der Waals surface area contributed by atoms with Crippen molar-refractivity contribution in [3.8, 4) is 5.88 Å². The average molecular weight is 268 g/mol. The van der Waals surface area contributed by atoms with Crippen LogP contribution in [0, 0.1) is 0 Å². The zero-order valence-electron chi connectivity index (χ0n) is 11.1. The van der Waals surface area contributed by atoms with Crippen LogP contribution in [0.5, 0.6) is 5.88 Å². The zero-order valence-corrected chi connectivity index (χ0v) is 11.1. The second kappa shape index (κ2) is 7.30. The van der Waals surface area contributed by atoms with Crippen LogP contribution in [-0.2, 0) is 19.1 Å². The molecule has 0 aromatic carbocycles. The summed E-state index contributed by atoms with van der Waals surface area (Å²) in [5, 5.41) is 0. The minimum atomic E-state index is -1.29. The van der Waals surface area contributed by atoms with E-state index in [2.05, 4.69) is 9.97 Å². The minimum Gasteiger partial charge on any atom is -0.480 e. The molecule has 0 aliphatic rings. The zero-order chi connectivity index (χ0) is 14.3. The van der Waals surface area contributed by atoms with Crippen molar-refractivity contribution < 1.29 is 23.8 Å². The van der Waals surface area contributed by atoms with E-state index in [1.165, 1.54) is 19.5 Å². The van der Waals surface area contributed by atoms with Gasteiger partial charge >= 0.3 is 11.9 Å². The van der Waals surface area contributed by atoms with Crippen LogP contribution in [0.1, 0.15) is 25.5 Å². The first-order valence-corrected chi connectivity index (χ1v) is 5.83. The van der Waals surface area contributed by atoms with E-state index in [-0.39, 0.29) is 24.8 Å². The van der Waals surface area contributed by atoms with Crippen LogP contribution in [-0.4, -0.2) is 42.2 Å². The molecular weight excluding hydrogens is 252 g/mol. The third-order valence-electron chi connectivity index (χ3n) is 2.20. The van der Waals surface area contributed by atoms with Gasteiger partial charge in [-0.2, -0.15) is 0 Å². The first-order valence-electron chi connectivity index (χ1n) is 5.83. The Labute approximate surface area is 110 Å². The van der Waals surface area contributed by atoms with Gasteiger partial charge in [-0.05, 0) is 13.8 Å². The number of rotatable bonds is 6. The van der Waals surface area contributed by atoms with Crippen LogP contribution in [0.15, 0.2) is 12.4 Å². The van der Waals surface area contributed by atoms with Crippen molar-refractivity contribution in [2.24, 2.45) is 0 Å². The smallest absolute Gasteiger partial charge is 0.326 e. The molecule has 0 N–H and O–H groups in total. The molecule has 104 valence electrons. The van der Waals surface area contributed by atoms with Crippen molar-refractivity contribution in [2.45, 2.75) is 19.8 Å². The molecule has 7 nitrogen and oxygen atoms in total. The highest BCUT2D eigenvalue weighted by atomic mass is 16.6. The molecule has 1 rings (SSSR count). The summed E-state index contributed by atoms with van der Waals surface area (Å²) in [6, 6.07) is 0. The first-order chi connectivity index (χ1) is 9.15. The molecule has 0 spiro atoms. The predicted molar refractivity (Wildman–Crippen MR) is 64.6 cm³/mol. The Kier molecular flexibility index (Phi) is 5.72. The number of aromatic nitrogens is 2. The largest absolute Gasteiger partial charge is 0.480 e. The van der Waals surface area contributed by atoms with Gasteiger partial charge in [-0.25, -0.2) is 4.98 Å². The van der Waals surface area contributed by atoms with E-state index in [1.807, 2.05) is 0 Å². The van der Waals surface area contributed by atoms with Gasteiger partial charge in [-0.3, -0.25) is 14.6 Å².